The summed E-state index contributed by atoms with van der Waals surface area (Å²) in [4.78, 5) is 14.0. The van der Waals surface area contributed by atoms with Gasteiger partial charge in [-0.1, -0.05) is 24.3 Å². The maximum absolute atomic E-state index is 13.6. The van der Waals surface area contributed by atoms with Crippen molar-refractivity contribution in [2.75, 3.05) is 12.4 Å². The number of hydrogen-bond acceptors (Lipinski definition) is 3. The number of rotatable bonds is 7. The number of anilines is 1. The van der Waals surface area contributed by atoms with Crippen molar-refractivity contribution in [1.82, 2.24) is 4.90 Å². The molecule has 0 aliphatic carbocycles. The number of alkyl halides is 2. The highest BCUT2D eigenvalue weighted by molar-refractivity contribution is 5.94. The highest BCUT2D eigenvalue weighted by Crippen LogP contribution is 2.17. The van der Waals surface area contributed by atoms with Gasteiger partial charge in [-0.25, -0.2) is 4.39 Å². The number of amides is 1. The second kappa shape index (κ2) is 8.53. The van der Waals surface area contributed by atoms with E-state index in [9.17, 15) is 18.0 Å². The molecule has 25 heavy (non-hydrogen) atoms. The van der Waals surface area contributed by atoms with Gasteiger partial charge < -0.3 is 10.1 Å². The van der Waals surface area contributed by atoms with Gasteiger partial charge in [-0.05, 0) is 43.8 Å². The van der Waals surface area contributed by atoms with Gasteiger partial charge in [-0.2, -0.15) is 8.78 Å². The molecule has 2 rings (SSSR count). The van der Waals surface area contributed by atoms with Gasteiger partial charge in [0.1, 0.15) is 11.6 Å². The molecule has 2 aromatic rings. The zero-order valence-electron chi connectivity index (χ0n) is 13.9. The van der Waals surface area contributed by atoms with Crippen LogP contribution in [-0.2, 0) is 11.3 Å². The van der Waals surface area contributed by atoms with Crippen LogP contribution >= 0.6 is 0 Å². The smallest absolute Gasteiger partial charge is 0.387 e. The normalized spacial score (nSPS) is 12.3. The molecule has 0 saturated heterocycles. The number of likely N-dealkylation sites (N-methyl/N-ethyl adjacent to an activating group) is 1. The van der Waals surface area contributed by atoms with Crippen molar-refractivity contribution in [2.45, 2.75) is 26.1 Å². The van der Waals surface area contributed by atoms with Crippen LogP contribution in [0.5, 0.6) is 5.75 Å². The number of para-hydroxylation sites is 1. The first-order valence-electron chi connectivity index (χ1n) is 7.66. The summed E-state index contributed by atoms with van der Waals surface area (Å²) < 4.78 is 42.2. The van der Waals surface area contributed by atoms with Crippen LogP contribution in [0.2, 0.25) is 0 Å². The van der Waals surface area contributed by atoms with Crippen LogP contribution in [-0.4, -0.2) is 30.5 Å². The number of halogens is 3. The number of ether oxygens (including phenoxy) is 1. The lowest BCUT2D eigenvalue weighted by Crippen LogP contribution is -2.39. The van der Waals surface area contributed by atoms with Crippen molar-refractivity contribution in [3.8, 4) is 5.75 Å². The number of nitrogens with zero attached hydrogens (tertiary/aromatic N) is 1. The minimum Gasteiger partial charge on any atom is -0.435 e. The molecule has 1 N–H and O–H groups in total. The molecule has 0 spiro atoms. The van der Waals surface area contributed by atoms with E-state index < -0.39 is 18.5 Å². The largest absolute Gasteiger partial charge is 0.435 e. The minimum absolute atomic E-state index is 0.0757. The Labute approximate surface area is 144 Å². The number of carbonyl (C=O) groups excluding carboxylic acids is 1. The average Bonchev–Trinajstić information content (AvgIpc) is 2.57. The number of nitrogens with one attached hydrogen (secondary N) is 1. The molecule has 1 amide bonds. The van der Waals surface area contributed by atoms with Gasteiger partial charge in [0.2, 0.25) is 5.91 Å². The van der Waals surface area contributed by atoms with Crippen LogP contribution in [0.3, 0.4) is 0 Å². The van der Waals surface area contributed by atoms with Crippen molar-refractivity contribution in [1.29, 1.82) is 0 Å². The predicted molar refractivity (Wildman–Crippen MR) is 89.0 cm³/mol. The summed E-state index contributed by atoms with van der Waals surface area (Å²) in [7, 11) is 1.75. The van der Waals surface area contributed by atoms with Crippen LogP contribution < -0.4 is 10.1 Å². The molecule has 0 fully saturated rings. The van der Waals surface area contributed by atoms with E-state index in [2.05, 4.69) is 10.1 Å². The maximum Gasteiger partial charge on any atom is 0.387 e. The summed E-state index contributed by atoms with van der Waals surface area (Å²) in [6, 6.07) is 11.6. The Hall–Kier alpha value is -2.54. The lowest BCUT2D eigenvalue weighted by molar-refractivity contribution is -0.120. The maximum atomic E-state index is 13.6. The molecule has 1 atom stereocenters. The molecule has 0 radical (unpaired) electrons. The van der Waals surface area contributed by atoms with Crippen molar-refractivity contribution >= 4 is 11.6 Å². The monoisotopic (exact) mass is 352 g/mol. The van der Waals surface area contributed by atoms with E-state index in [0.717, 1.165) is 5.56 Å². The van der Waals surface area contributed by atoms with Crippen molar-refractivity contribution in [3.05, 3.63) is 59.9 Å². The molecule has 0 heterocycles. The van der Waals surface area contributed by atoms with Gasteiger partial charge >= 0.3 is 6.61 Å². The van der Waals surface area contributed by atoms with E-state index in [1.807, 2.05) is 0 Å². The van der Waals surface area contributed by atoms with Gasteiger partial charge in [-0.3, -0.25) is 9.69 Å². The Kier molecular flexibility index (Phi) is 6.41. The summed E-state index contributed by atoms with van der Waals surface area (Å²) in [6.45, 7) is -0.749. The molecule has 4 nitrogen and oxygen atoms in total. The van der Waals surface area contributed by atoms with Crippen LogP contribution in [0.4, 0.5) is 18.9 Å². The van der Waals surface area contributed by atoms with Crippen molar-refractivity contribution < 1.29 is 22.7 Å². The molecule has 134 valence electrons. The molecular formula is C18H19F3N2O2. The predicted octanol–water partition coefficient (Wildman–Crippen LogP) is 3.89. The Morgan fingerprint density at radius 3 is 2.40 bits per heavy atom. The highest BCUT2D eigenvalue weighted by atomic mass is 19.3. The van der Waals surface area contributed by atoms with Crippen molar-refractivity contribution in [2.24, 2.45) is 0 Å². The first kappa shape index (κ1) is 18.8. The molecule has 0 bridgehead atoms. The third-order valence-corrected chi connectivity index (χ3v) is 3.75. The van der Waals surface area contributed by atoms with Crippen LogP contribution in [0.15, 0.2) is 48.5 Å². The van der Waals surface area contributed by atoms with Gasteiger partial charge in [0.05, 0.1) is 11.7 Å². The SMILES string of the molecule is C[C@H](C(=O)Nc1ccccc1F)N(C)Cc1ccc(OC(F)F)cc1. The van der Waals surface area contributed by atoms with E-state index >= 15 is 0 Å². The molecule has 0 saturated carbocycles. The fourth-order valence-electron chi connectivity index (χ4n) is 2.20. The molecule has 0 aliphatic heterocycles. The lowest BCUT2D eigenvalue weighted by Gasteiger charge is -2.24. The summed E-state index contributed by atoms with van der Waals surface area (Å²) in [5.74, 6) is -0.766. The standard InChI is InChI=1S/C18H19F3N2O2/c1-12(17(24)22-16-6-4-3-5-15(16)19)23(2)11-13-7-9-14(10-8-13)25-18(20)21/h3-10,12,18H,11H2,1-2H3,(H,22,24)/t12-/m1/s1. The molecule has 7 heteroatoms. The quantitative estimate of drug-likeness (QED) is 0.822. The van der Waals surface area contributed by atoms with E-state index in [0.29, 0.717) is 6.54 Å². The average molecular weight is 352 g/mol. The van der Waals surface area contributed by atoms with Gasteiger partial charge in [0.25, 0.3) is 0 Å². The Bertz CT molecular complexity index is 708. The zero-order valence-corrected chi connectivity index (χ0v) is 13.9. The Balaban J connectivity index is 1.94. The van der Waals surface area contributed by atoms with E-state index in [1.54, 1.807) is 43.1 Å². The molecule has 2 aromatic carbocycles. The minimum atomic E-state index is -2.87. The Morgan fingerprint density at radius 1 is 1.16 bits per heavy atom. The third kappa shape index (κ3) is 5.49. The second-order valence-electron chi connectivity index (χ2n) is 5.58. The summed E-state index contributed by atoms with van der Waals surface area (Å²) >= 11 is 0. The fraction of sp³-hybridized carbons (Fsp3) is 0.278. The number of carbonyl (C=O) groups is 1. The van der Waals surface area contributed by atoms with Crippen LogP contribution in [0, 0.1) is 5.82 Å². The highest BCUT2D eigenvalue weighted by Gasteiger charge is 2.19. The molecule has 0 aromatic heterocycles. The van der Waals surface area contributed by atoms with E-state index in [-0.39, 0.29) is 17.3 Å². The lowest BCUT2D eigenvalue weighted by atomic mass is 10.1. The van der Waals surface area contributed by atoms with Crippen LogP contribution in [0.1, 0.15) is 12.5 Å². The molecular weight excluding hydrogens is 333 g/mol. The van der Waals surface area contributed by atoms with E-state index in [4.69, 9.17) is 0 Å². The van der Waals surface area contributed by atoms with Crippen LogP contribution in [0.25, 0.3) is 0 Å². The second-order valence-corrected chi connectivity index (χ2v) is 5.58. The topological polar surface area (TPSA) is 41.6 Å². The number of hydrogen-bond donors (Lipinski definition) is 1. The molecule has 0 unspecified atom stereocenters. The van der Waals surface area contributed by atoms with Gasteiger partial charge in [-0.15, -0.1) is 0 Å². The fourth-order valence-corrected chi connectivity index (χ4v) is 2.20. The number of benzene rings is 2. The van der Waals surface area contributed by atoms with Gasteiger partial charge in [0, 0.05) is 6.54 Å². The first-order chi connectivity index (χ1) is 11.9. The van der Waals surface area contributed by atoms with Crippen molar-refractivity contribution in [3.63, 3.8) is 0 Å². The first-order valence-corrected chi connectivity index (χ1v) is 7.66. The third-order valence-electron chi connectivity index (χ3n) is 3.75. The molecule has 0 aliphatic rings. The van der Waals surface area contributed by atoms with E-state index in [1.165, 1.54) is 24.3 Å². The summed E-state index contributed by atoms with van der Waals surface area (Å²) in [5, 5.41) is 2.55. The summed E-state index contributed by atoms with van der Waals surface area (Å²) in [6.07, 6.45) is 0. The zero-order chi connectivity index (χ0) is 18.4. The summed E-state index contributed by atoms with van der Waals surface area (Å²) in [5.41, 5.74) is 0.955. The Morgan fingerprint density at radius 2 is 1.80 bits per heavy atom. The van der Waals surface area contributed by atoms with Gasteiger partial charge in [0.15, 0.2) is 0 Å².